The van der Waals surface area contributed by atoms with E-state index in [0.717, 1.165) is 11.3 Å². The van der Waals surface area contributed by atoms with Gasteiger partial charge in [-0.1, -0.05) is 12.1 Å². The van der Waals surface area contributed by atoms with Gasteiger partial charge in [-0.05, 0) is 24.6 Å². The number of benzene rings is 1. The molecule has 29 heavy (non-hydrogen) atoms. The number of likely N-dealkylation sites (tertiary alicyclic amines) is 1. The number of carbonyl (C=O) groups is 1. The van der Waals surface area contributed by atoms with Gasteiger partial charge in [0.25, 0.3) is 5.91 Å². The van der Waals surface area contributed by atoms with Crippen LogP contribution in [0.25, 0.3) is 0 Å². The number of nitrogens with one attached hydrogen (secondary N) is 1. The van der Waals surface area contributed by atoms with Crippen LogP contribution in [-0.2, 0) is 16.0 Å². The molecule has 8 heteroatoms. The average molecular weight is 398 g/mol. The Kier molecular flexibility index (Phi) is 5.64. The van der Waals surface area contributed by atoms with E-state index in [1.54, 1.807) is 20.1 Å². The Labute approximate surface area is 170 Å². The van der Waals surface area contributed by atoms with Crippen LogP contribution in [0.2, 0.25) is 0 Å². The molecule has 2 aromatic rings. The summed E-state index contributed by atoms with van der Waals surface area (Å²) in [6, 6.07) is 9.52. The molecule has 8 nitrogen and oxygen atoms in total. The summed E-state index contributed by atoms with van der Waals surface area (Å²) >= 11 is 0. The minimum atomic E-state index is -0.497. The lowest BCUT2D eigenvalue weighted by Crippen LogP contribution is -2.47. The Morgan fingerprint density at radius 2 is 1.86 bits per heavy atom. The zero-order valence-corrected chi connectivity index (χ0v) is 16.8. The molecular weight excluding hydrogens is 372 g/mol. The highest BCUT2D eigenvalue weighted by atomic mass is 16.7. The van der Waals surface area contributed by atoms with Crippen molar-refractivity contribution in [1.82, 2.24) is 14.9 Å². The number of rotatable bonds is 5. The molecule has 1 aromatic heterocycles. The number of hydrogen-bond acceptors (Lipinski definition) is 7. The molecule has 0 radical (unpaired) electrons. The molecule has 3 heterocycles. The summed E-state index contributed by atoms with van der Waals surface area (Å²) < 4.78 is 16.7. The molecule has 4 rings (SSSR count). The van der Waals surface area contributed by atoms with E-state index in [1.807, 2.05) is 29.2 Å². The van der Waals surface area contributed by atoms with E-state index in [-0.39, 0.29) is 5.91 Å². The minimum Gasteiger partial charge on any atom is -0.497 e. The molecule has 0 aliphatic carbocycles. The molecule has 2 saturated heterocycles. The first-order valence-corrected chi connectivity index (χ1v) is 9.87. The van der Waals surface area contributed by atoms with Crippen molar-refractivity contribution in [2.24, 2.45) is 0 Å². The van der Waals surface area contributed by atoms with Gasteiger partial charge in [0, 0.05) is 38.5 Å². The minimum absolute atomic E-state index is 0.0872. The number of aryl methyl sites for hydroxylation is 1. The second-order valence-corrected chi connectivity index (χ2v) is 7.29. The van der Waals surface area contributed by atoms with Crippen molar-refractivity contribution >= 4 is 11.7 Å². The fraction of sp³-hybridized carbons (Fsp3) is 0.476. The first kappa shape index (κ1) is 19.6. The van der Waals surface area contributed by atoms with E-state index in [4.69, 9.17) is 14.2 Å². The van der Waals surface area contributed by atoms with E-state index < -0.39 is 5.79 Å². The molecular formula is C21H26N4O4. The fourth-order valence-electron chi connectivity index (χ4n) is 3.70. The number of methoxy groups -OCH3 is 1. The second-order valence-electron chi connectivity index (χ2n) is 7.29. The van der Waals surface area contributed by atoms with Crippen molar-refractivity contribution < 1.29 is 19.0 Å². The summed E-state index contributed by atoms with van der Waals surface area (Å²) in [5.41, 5.74) is 1.49. The van der Waals surface area contributed by atoms with Gasteiger partial charge in [0.1, 0.15) is 23.1 Å². The third-order valence-corrected chi connectivity index (χ3v) is 5.32. The Bertz CT molecular complexity index is 855. The van der Waals surface area contributed by atoms with Gasteiger partial charge in [-0.25, -0.2) is 9.97 Å². The van der Waals surface area contributed by atoms with Gasteiger partial charge in [0.15, 0.2) is 5.79 Å². The van der Waals surface area contributed by atoms with E-state index in [9.17, 15) is 4.79 Å². The highest BCUT2D eigenvalue weighted by Crippen LogP contribution is 2.31. The zero-order chi connectivity index (χ0) is 20.3. The Hall–Kier alpha value is -2.71. The van der Waals surface area contributed by atoms with Gasteiger partial charge < -0.3 is 24.4 Å². The number of amides is 1. The van der Waals surface area contributed by atoms with Crippen molar-refractivity contribution in [3.63, 3.8) is 0 Å². The first-order chi connectivity index (χ1) is 14.1. The van der Waals surface area contributed by atoms with Crippen LogP contribution in [0.15, 0.2) is 30.3 Å². The van der Waals surface area contributed by atoms with Crippen LogP contribution in [0, 0.1) is 6.92 Å². The molecule has 1 spiro atoms. The topological polar surface area (TPSA) is 85.8 Å². The molecule has 2 fully saturated rings. The Balaban J connectivity index is 1.40. The quantitative estimate of drug-likeness (QED) is 0.828. The van der Waals surface area contributed by atoms with Crippen LogP contribution in [0.3, 0.4) is 0 Å². The van der Waals surface area contributed by atoms with Gasteiger partial charge in [0.2, 0.25) is 0 Å². The molecule has 1 amide bonds. The highest BCUT2D eigenvalue weighted by Gasteiger charge is 2.41. The normalized spacial score (nSPS) is 18.1. The van der Waals surface area contributed by atoms with Crippen molar-refractivity contribution in [3.8, 4) is 5.75 Å². The van der Waals surface area contributed by atoms with Crippen LogP contribution >= 0.6 is 0 Å². The fourth-order valence-corrected chi connectivity index (χ4v) is 3.70. The van der Waals surface area contributed by atoms with Crippen molar-refractivity contribution in [3.05, 3.63) is 47.4 Å². The lowest BCUT2D eigenvalue weighted by molar-refractivity contribution is -0.181. The molecule has 0 bridgehead atoms. The first-order valence-electron chi connectivity index (χ1n) is 9.87. The molecule has 1 N–H and O–H groups in total. The predicted molar refractivity (Wildman–Crippen MR) is 107 cm³/mol. The molecule has 0 atom stereocenters. The number of anilines is 1. The van der Waals surface area contributed by atoms with Crippen LogP contribution < -0.4 is 10.1 Å². The molecule has 0 saturated carbocycles. The number of ether oxygens (including phenoxy) is 3. The second kappa shape index (κ2) is 8.34. The maximum absolute atomic E-state index is 13.0. The molecule has 1 aromatic carbocycles. The van der Waals surface area contributed by atoms with E-state index in [1.165, 1.54) is 0 Å². The molecule has 154 valence electrons. The maximum Gasteiger partial charge on any atom is 0.272 e. The lowest BCUT2D eigenvalue weighted by atomic mass is 10.0. The van der Waals surface area contributed by atoms with Crippen LogP contribution in [0.1, 0.15) is 34.7 Å². The van der Waals surface area contributed by atoms with E-state index in [2.05, 4.69) is 15.3 Å². The van der Waals surface area contributed by atoms with Gasteiger partial charge in [-0.3, -0.25) is 4.79 Å². The van der Waals surface area contributed by atoms with Crippen molar-refractivity contribution in [2.75, 3.05) is 38.7 Å². The third kappa shape index (κ3) is 4.49. The summed E-state index contributed by atoms with van der Waals surface area (Å²) in [4.78, 5) is 23.5. The van der Waals surface area contributed by atoms with Gasteiger partial charge in [-0.2, -0.15) is 0 Å². The summed E-state index contributed by atoms with van der Waals surface area (Å²) in [6.45, 7) is 4.83. The Morgan fingerprint density at radius 1 is 1.17 bits per heavy atom. The monoisotopic (exact) mass is 398 g/mol. The lowest BCUT2D eigenvalue weighted by Gasteiger charge is -2.37. The Morgan fingerprint density at radius 3 is 2.52 bits per heavy atom. The van der Waals surface area contributed by atoms with E-state index in [0.29, 0.717) is 63.0 Å². The number of piperidine rings is 1. The number of aromatic nitrogens is 2. The van der Waals surface area contributed by atoms with E-state index >= 15 is 0 Å². The molecule has 2 aliphatic rings. The molecule has 0 unspecified atom stereocenters. The van der Waals surface area contributed by atoms with Crippen molar-refractivity contribution in [2.45, 2.75) is 32.1 Å². The predicted octanol–water partition coefficient (Wildman–Crippen LogP) is 2.38. The van der Waals surface area contributed by atoms with Crippen LogP contribution in [0.4, 0.5) is 5.82 Å². The van der Waals surface area contributed by atoms with Gasteiger partial charge >= 0.3 is 0 Å². The van der Waals surface area contributed by atoms with Gasteiger partial charge in [-0.15, -0.1) is 0 Å². The standard InChI is InChI=1S/C21H26N4O4/c1-15-23-18(20(26)25-9-7-21(8-10-25)28-11-12-29-21)13-19(24-15)22-14-16-3-5-17(27-2)6-4-16/h3-6,13H,7-12,14H2,1-2H3,(H,22,23,24). The third-order valence-electron chi connectivity index (χ3n) is 5.32. The zero-order valence-electron chi connectivity index (χ0n) is 16.8. The van der Waals surface area contributed by atoms with Crippen molar-refractivity contribution in [1.29, 1.82) is 0 Å². The van der Waals surface area contributed by atoms with Gasteiger partial charge in [0.05, 0.1) is 20.3 Å². The SMILES string of the molecule is COc1ccc(CNc2cc(C(=O)N3CCC4(CC3)OCCO4)nc(C)n2)cc1. The summed E-state index contributed by atoms with van der Waals surface area (Å²) in [6.07, 6.45) is 1.37. The highest BCUT2D eigenvalue weighted by molar-refractivity contribution is 5.93. The number of hydrogen-bond donors (Lipinski definition) is 1. The largest absolute Gasteiger partial charge is 0.497 e. The number of carbonyl (C=O) groups excluding carboxylic acids is 1. The van der Waals surface area contributed by atoms with Crippen LogP contribution in [-0.4, -0.2) is 60.0 Å². The number of nitrogens with zero attached hydrogens (tertiary/aromatic N) is 3. The molecule has 2 aliphatic heterocycles. The summed E-state index contributed by atoms with van der Waals surface area (Å²) in [7, 11) is 1.64. The summed E-state index contributed by atoms with van der Waals surface area (Å²) in [5, 5.41) is 3.27. The van der Waals surface area contributed by atoms with Crippen LogP contribution in [0.5, 0.6) is 5.75 Å². The smallest absolute Gasteiger partial charge is 0.272 e. The summed E-state index contributed by atoms with van der Waals surface area (Å²) in [5.74, 6) is 1.42. The average Bonchev–Trinajstić information content (AvgIpc) is 3.20. The maximum atomic E-state index is 13.0.